The zero-order valence-electron chi connectivity index (χ0n) is 28.8. The van der Waals surface area contributed by atoms with Crippen LogP contribution in [0.1, 0.15) is 0 Å². The van der Waals surface area contributed by atoms with Crippen molar-refractivity contribution in [3.63, 3.8) is 0 Å². The van der Waals surface area contributed by atoms with E-state index in [0.717, 1.165) is 71.9 Å². The van der Waals surface area contributed by atoms with E-state index in [1.54, 1.807) is 11.3 Å². The third-order valence-electron chi connectivity index (χ3n) is 10.2. The molecule has 7 aromatic carbocycles. The monoisotopic (exact) mass is 708 g/mol. The van der Waals surface area contributed by atoms with E-state index in [4.69, 9.17) is 24.4 Å². The first-order valence-corrected chi connectivity index (χ1v) is 18.7. The van der Waals surface area contributed by atoms with Gasteiger partial charge in [-0.3, -0.25) is 0 Å². The molecule has 0 N–H and O–H groups in total. The summed E-state index contributed by atoms with van der Waals surface area (Å²) in [6, 6.07) is 58.6. The third kappa shape index (κ3) is 4.99. The number of furan rings is 1. The summed E-state index contributed by atoms with van der Waals surface area (Å²) in [6.45, 7) is 0. The smallest absolute Gasteiger partial charge is 0.165 e. The van der Waals surface area contributed by atoms with Crippen molar-refractivity contribution in [2.24, 2.45) is 0 Å². The summed E-state index contributed by atoms with van der Waals surface area (Å²) in [5.74, 6) is 1.95. The molecule has 4 aromatic heterocycles. The van der Waals surface area contributed by atoms with E-state index in [1.807, 2.05) is 48.5 Å². The highest BCUT2D eigenvalue weighted by Crippen LogP contribution is 2.40. The molecular weight excluding hydrogens is 681 g/mol. The Hall–Kier alpha value is -7.02. The lowest BCUT2D eigenvalue weighted by Crippen LogP contribution is -2.00. The molecule has 0 amide bonds. The van der Waals surface area contributed by atoms with Gasteiger partial charge in [-0.25, -0.2) is 19.9 Å². The van der Waals surface area contributed by atoms with Gasteiger partial charge < -0.3 is 4.42 Å². The minimum absolute atomic E-state index is 0.638. The predicted octanol–water partition coefficient (Wildman–Crippen LogP) is 13.0. The summed E-state index contributed by atoms with van der Waals surface area (Å²) in [7, 11) is 0. The van der Waals surface area contributed by atoms with Gasteiger partial charge in [0.25, 0.3) is 0 Å². The van der Waals surface area contributed by atoms with Gasteiger partial charge in [0, 0.05) is 58.6 Å². The number of thiophene rings is 1. The maximum Gasteiger partial charge on any atom is 0.165 e. The molecule has 0 atom stereocenters. The van der Waals surface area contributed by atoms with Crippen molar-refractivity contribution in [1.29, 1.82) is 0 Å². The molecule has 252 valence electrons. The van der Waals surface area contributed by atoms with Gasteiger partial charge in [-0.05, 0) is 35.4 Å². The zero-order valence-corrected chi connectivity index (χ0v) is 29.6. The molecule has 0 saturated heterocycles. The van der Waals surface area contributed by atoms with E-state index in [1.165, 1.54) is 20.2 Å². The van der Waals surface area contributed by atoms with Crippen LogP contribution >= 0.6 is 11.3 Å². The van der Waals surface area contributed by atoms with E-state index in [-0.39, 0.29) is 0 Å². The van der Waals surface area contributed by atoms with Crippen LogP contribution in [0.25, 0.3) is 110 Å². The molecule has 0 aliphatic rings. The van der Waals surface area contributed by atoms with E-state index in [0.29, 0.717) is 17.5 Å². The number of hydrogen-bond acceptors (Lipinski definition) is 6. The number of pyridine rings is 1. The van der Waals surface area contributed by atoms with Gasteiger partial charge in [0.05, 0.1) is 5.69 Å². The SMILES string of the molecule is c1ccc(-c2nc(-c3ccc(-c4ccc(-c5nc6c7ccccc7oc6c6ccccc56)cc4)cc3)nc(-c3cccc4c3sc3ccccc34)n2)cc1. The Morgan fingerprint density at radius 1 is 0.370 bits per heavy atom. The van der Waals surface area contributed by atoms with Crippen LogP contribution in [-0.2, 0) is 0 Å². The fourth-order valence-corrected chi connectivity index (χ4v) is 8.71. The minimum atomic E-state index is 0.638. The second kappa shape index (κ2) is 12.3. The van der Waals surface area contributed by atoms with E-state index >= 15 is 0 Å². The van der Waals surface area contributed by atoms with Crippen LogP contribution in [0.4, 0.5) is 0 Å². The van der Waals surface area contributed by atoms with Crippen LogP contribution in [-0.4, -0.2) is 19.9 Å². The maximum absolute atomic E-state index is 6.29. The average molecular weight is 709 g/mol. The number of rotatable bonds is 5. The molecule has 4 heterocycles. The average Bonchev–Trinajstić information content (AvgIpc) is 3.83. The molecular formula is C48H28N4OS. The molecule has 5 nitrogen and oxygen atoms in total. The Labute approximate surface area is 313 Å². The third-order valence-corrected chi connectivity index (χ3v) is 11.4. The molecule has 0 saturated carbocycles. The fraction of sp³-hybridized carbons (Fsp3) is 0. The molecule has 0 spiro atoms. The van der Waals surface area contributed by atoms with Crippen LogP contribution < -0.4 is 0 Å². The summed E-state index contributed by atoms with van der Waals surface area (Å²) in [4.78, 5) is 20.3. The highest BCUT2D eigenvalue weighted by Gasteiger charge is 2.18. The minimum Gasteiger partial charge on any atom is -0.454 e. The van der Waals surface area contributed by atoms with Crippen molar-refractivity contribution in [3.05, 3.63) is 170 Å². The van der Waals surface area contributed by atoms with Crippen molar-refractivity contribution >= 4 is 64.4 Å². The number of fused-ring (bicyclic) bond motifs is 8. The molecule has 11 rings (SSSR count). The molecule has 11 aromatic rings. The number of hydrogen-bond donors (Lipinski definition) is 0. The van der Waals surface area contributed by atoms with Crippen molar-refractivity contribution in [1.82, 2.24) is 19.9 Å². The summed E-state index contributed by atoms with van der Waals surface area (Å²) in [5.41, 5.74) is 9.65. The summed E-state index contributed by atoms with van der Waals surface area (Å²) < 4.78 is 8.71. The van der Waals surface area contributed by atoms with E-state index < -0.39 is 0 Å². The Bertz CT molecular complexity index is 3200. The maximum atomic E-state index is 6.29. The van der Waals surface area contributed by atoms with E-state index in [9.17, 15) is 0 Å². The molecule has 0 aliphatic carbocycles. The predicted molar refractivity (Wildman–Crippen MR) is 222 cm³/mol. The van der Waals surface area contributed by atoms with Gasteiger partial charge in [-0.15, -0.1) is 11.3 Å². The molecule has 0 unspecified atom stereocenters. The van der Waals surface area contributed by atoms with Gasteiger partial charge in [0.15, 0.2) is 23.1 Å². The zero-order chi connectivity index (χ0) is 35.6. The lowest BCUT2D eigenvalue weighted by Gasteiger charge is -2.10. The first kappa shape index (κ1) is 30.6. The second-order valence-electron chi connectivity index (χ2n) is 13.4. The Balaban J connectivity index is 0.972. The van der Waals surface area contributed by atoms with Gasteiger partial charge in [-0.2, -0.15) is 0 Å². The molecule has 54 heavy (non-hydrogen) atoms. The van der Waals surface area contributed by atoms with Gasteiger partial charge in [-0.1, -0.05) is 146 Å². The summed E-state index contributed by atoms with van der Waals surface area (Å²) in [6.07, 6.45) is 0. The van der Waals surface area contributed by atoms with Crippen molar-refractivity contribution in [3.8, 4) is 56.5 Å². The second-order valence-corrected chi connectivity index (χ2v) is 14.4. The summed E-state index contributed by atoms with van der Waals surface area (Å²) in [5, 5.41) is 5.61. The Kier molecular flexibility index (Phi) is 6.97. The number of aromatic nitrogens is 4. The number of nitrogens with zero attached hydrogens (tertiary/aromatic N) is 4. The van der Waals surface area contributed by atoms with Gasteiger partial charge in [0.2, 0.25) is 0 Å². The largest absolute Gasteiger partial charge is 0.454 e. The van der Waals surface area contributed by atoms with Crippen LogP contribution in [0.5, 0.6) is 0 Å². The molecule has 0 radical (unpaired) electrons. The first-order chi connectivity index (χ1) is 26.7. The highest BCUT2D eigenvalue weighted by molar-refractivity contribution is 7.26. The number of benzene rings is 7. The van der Waals surface area contributed by atoms with Gasteiger partial charge >= 0.3 is 0 Å². The Morgan fingerprint density at radius 3 is 1.69 bits per heavy atom. The number of para-hydroxylation sites is 1. The highest BCUT2D eigenvalue weighted by atomic mass is 32.1. The lowest BCUT2D eigenvalue weighted by atomic mass is 9.98. The molecule has 0 aliphatic heterocycles. The molecule has 6 heteroatoms. The van der Waals surface area contributed by atoms with Crippen molar-refractivity contribution in [2.75, 3.05) is 0 Å². The van der Waals surface area contributed by atoms with E-state index in [2.05, 4.69) is 121 Å². The topological polar surface area (TPSA) is 64.7 Å². The van der Waals surface area contributed by atoms with Crippen LogP contribution in [0.15, 0.2) is 174 Å². The van der Waals surface area contributed by atoms with Crippen LogP contribution in [0.2, 0.25) is 0 Å². The van der Waals surface area contributed by atoms with Gasteiger partial charge in [0.1, 0.15) is 11.1 Å². The van der Waals surface area contributed by atoms with Crippen LogP contribution in [0, 0.1) is 0 Å². The lowest BCUT2D eigenvalue weighted by molar-refractivity contribution is 0.672. The Morgan fingerprint density at radius 2 is 0.926 bits per heavy atom. The standard InChI is InChI=1S/C48H28N4OS/c1-2-11-32(12-3-1)46-50-47(52-48(51-46)39-18-10-17-37-34-13-7-9-20-41(34)54-45(37)39)33-27-23-30(24-28-33)29-21-25-31(26-22-29)42-35-14-4-5-15-36(35)44-43(49-42)38-16-6-8-19-40(38)53-44/h1-28H. The molecule has 0 fully saturated rings. The van der Waals surface area contributed by atoms with Crippen LogP contribution in [0.3, 0.4) is 0 Å². The summed E-state index contributed by atoms with van der Waals surface area (Å²) >= 11 is 1.78. The quantitative estimate of drug-likeness (QED) is 0.178. The van der Waals surface area contributed by atoms with Crippen molar-refractivity contribution < 1.29 is 4.42 Å². The fourth-order valence-electron chi connectivity index (χ4n) is 7.50. The van der Waals surface area contributed by atoms with Crippen molar-refractivity contribution in [2.45, 2.75) is 0 Å². The normalized spacial score (nSPS) is 11.7. The first-order valence-electron chi connectivity index (χ1n) is 17.9. The molecule has 0 bridgehead atoms.